The maximum absolute atomic E-state index is 12.4. The lowest BCUT2D eigenvalue weighted by Crippen LogP contribution is -2.46. The molecule has 2 rings (SSSR count). The number of aromatic nitrogens is 1. The number of pyridine rings is 1. The van der Waals surface area contributed by atoms with E-state index in [1.54, 1.807) is 12.1 Å². The number of hydrogen-bond acceptors (Lipinski definition) is 5. The third kappa shape index (κ3) is 3.26. The summed E-state index contributed by atoms with van der Waals surface area (Å²) in [6, 6.07) is 3.46. The molecule has 1 aromatic heterocycles. The Balaban J connectivity index is 2.22. The Morgan fingerprint density at radius 1 is 1.50 bits per heavy atom. The van der Waals surface area contributed by atoms with Crippen molar-refractivity contribution < 1.29 is 9.53 Å². The number of anilines is 1. The van der Waals surface area contributed by atoms with Gasteiger partial charge in [-0.3, -0.25) is 4.79 Å². The summed E-state index contributed by atoms with van der Waals surface area (Å²) in [6.45, 7) is 7.26. The quantitative estimate of drug-likeness (QED) is 0.572. The molecule has 2 heterocycles. The minimum absolute atomic E-state index is 0.126. The molecule has 1 aliphatic heterocycles. The average molecular weight is 278 g/mol. The van der Waals surface area contributed by atoms with Crippen LogP contribution in [0.25, 0.3) is 0 Å². The lowest BCUT2D eigenvalue weighted by atomic mass is 10.0. The van der Waals surface area contributed by atoms with Gasteiger partial charge in [-0.1, -0.05) is 13.8 Å². The highest BCUT2D eigenvalue weighted by molar-refractivity contribution is 5.95. The van der Waals surface area contributed by atoms with E-state index in [2.05, 4.69) is 15.7 Å². The number of ether oxygens (including phenoxy) is 1. The molecule has 1 amide bonds. The molecular weight excluding hydrogens is 256 g/mol. The molecule has 4 N–H and O–H groups in total. The van der Waals surface area contributed by atoms with Crippen LogP contribution < -0.4 is 16.6 Å². The molecule has 1 fully saturated rings. The first-order chi connectivity index (χ1) is 9.43. The third-order valence-electron chi connectivity index (χ3n) is 3.48. The fraction of sp³-hybridized carbons (Fsp3) is 0.571. The van der Waals surface area contributed by atoms with Gasteiger partial charge in [0.2, 0.25) is 0 Å². The van der Waals surface area contributed by atoms with Crippen LogP contribution in [0, 0.1) is 0 Å². The summed E-state index contributed by atoms with van der Waals surface area (Å²) in [5.74, 6) is 6.00. The Hall–Kier alpha value is -1.66. The molecule has 1 aromatic rings. The topological polar surface area (TPSA) is 89.3 Å². The lowest BCUT2D eigenvalue weighted by molar-refractivity contribution is 0.0889. The number of hydrazine groups is 1. The van der Waals surface area contributed by atoms with Gasteiger partial charge in [0.1, 0.15) is 5.82 Å². The summed E-state index contributed by atoms with van der Waals surface area (Å²) in [5.41, 5.74) is 3.60. The third-order valence-corrected chi connectivity index (χ3v) is 3.48. The zero-order valence-electron chi connectivity index (χ0n) is 12.2. The first-order valence-electron chi connectivity index (χ1n) is 6.82. The second-order valence-electron chi connectivity index (χ2n) is 5.78. The number of carbonyl (C=O) groups is 1. The molecule has 0 bridgehead atoms. The summed E-state index contributed by atoms with van der Waals surface area (Å²) in [6.07, 6.45) is 0.822. The van der Waals surface area contributed by atoms with Crippen LogP contribution in [0.5, 0.6) is 0 Å². The zero-order chi connectivity index (χ0) is 14.8. The first kappa shape index (κ1) is 14.7. The number of amides is 1. The van der Waals surface area contributed by atoms with Gasteiger partial charge in [-0.25, -0.2) is 10.8 Å². The van der Waals surface area contributed by atoms with Crippen LogP contribution in [-0.2, 0) is 4.74 Å². The first-order valence-corrected chi connectivity index (χ1v) is 6.82. The van der Waals surface area contributed by atoms with E-state index < -0.39 is 0 Å². The minimum atomic E-state index is -0.297. The molecule has 1 atom stereocenters. The van der Waals surface area contributed by atoms with Gasteiger partial charge in [-0.2, -0.15) is 0 Å². The van der Waals surface area contributed by atoms with Crippen molar-refractivity contribution in [2.75, 3.05) is 18.6 Å². The molecule has 1 saturated heterocycles. The van der Waals surface area contributed by atoms with Gasteiger partial charge < -0.3 is 15.5 Å². The van der Waals surface area contributed by atoms with Gasteiger partial charge in [0, 0.05) is 17.9 Å². The predicted molar refractivity (Wildman–Crippen MR) is 77.4 cm³/mol. The molecule has 1 aliphatic rings. The lowest BCUT2D eigenvalue weighted by Gasteiger charge is -2.23. The number of nitrogens with zero attached hydrogens (tertiary/aromatic N) is 1. The Morgan fingerprint density at radius 3 is 2.80 bits per heavy atom. The second-order valence-corrected chi connectivity index (χ2v) is 5.78. The van der Waals surface area contributed by atoms with Crippen LogP contribution in [0.3, 0.4) is 0 Å². The van der Waals surface area contributed by atoms with Crippen LogP contribution in [0.4, 0.5) is 5.82 Å². The van der Waals surface area contributed by atoms with Crippen LogP contribution in [0.2, 0.25) is 0 Å². The van der Waals surface area contributed by atoms with Crippen LogP contribution in [0.1, 0.15) is 49.2 Å². The maximum atomic E-state index is 12.4. The van der Waals surface area contributed by atoms with E-state index in [0.29, 0.717) is 24.6 Å². The van der Waals surface area contributed by atoms with Gasteiger partial charge in [0.05, 0.1) is 12.1 Å². The SMILES string of the molecule is CC(C)c1cc(C(=O)NC2(C)CCOC2)cc(NN)n1. The highest BCUT2D eigenvalue weighted by Gasteiger charge is 2.31. The Kier molecular flexibility index (Phi) is 4.25. The van der Waals surface area contributed by atoms with Crippen molar-refractivity contribution in [2.24, 2.45) is 5.84 Å². The number of nitrogens with one attached hydrogen (secondary N) is 2. The second kappa shape index (κ2) is 5.76. The van der Waals surface area contributed by atoms with E-state index in [1.165, 1.54) is 0 Å². The fourth-order valence-electron chi connectivity index (χ4n) is 2.16. The molecule has 0 aliphatic carbocycles. The van der Waals surface area contributed by atoms with E-state index in [-0.39, 0.29) is 17.4 Å². The Labute approximate surface area is 119 Å². The van der Waals surface area contributed by atoms with E-state index in [9.17, 15) is 4.79 Å². The predicted octanol–water partition coefficient (Wildman–Crippen LogP) is 1.40. The highest BCUT2D eigenvalue weighted by atomic mass is 16.5. The molecule has 0 radical (unpaired) electrons. The molecule has 0 spiro atoms. The van der Waals surface area contributed by atoms with Crippen LogP contribution in [0.15, 0.2) is 12.1 Å². The van der Waals surface area contributed by atoms with E-state index in [4.69, 9.17) is 10.6 Å². The molecule has 0 aromatic carbocycles. The Morgan fingerprint density at radius 2 is 2.25 bits per heavy atom. The Bertz CT molecular complexity index is 496. The van der Waals surface area contributed by atoms with Crippen molar-refractivity contribution in [3.8, 4) is 0 Å². The summed E-state index contributed by atoms with van der Waals surface area (Å²) < 4.78 is 5.34. The minimum Gasteiger partial charge on any atom is -0.379 e. The monoisotopic (exact) mass is 278 g/mol. The summed E-state index contributed by atoms with van der Waals surface area (Å²) in [7, 11) is 0. The number of nitrogen functional groups attached to an aromatic ring is 1. The normalized spacial score (nSPS) is 22.1. The summed E-state index contributed by atoms with van der Waals surface area (Å²) in [5, 5.41) is 3.03. The molecule has 1 unspecified atom stereocenters. The van der Waals surface area contributed by atoms with Crippen molar-refractivity contribution in [1.82, 2.24) is 10.3 Å². The summed E-state index contributed by atoms with van der Waals surface area (Å²) >= 11 is 0. The van der Waals surface area contributed by atoms with Gasteiger partial charge in [-0.15, -0.1) is 0 Å². The van der Waals surface area contributed by atoms with Gasteiger partial charge in [0.25, 0.3) is 5.91 Å². The molecule has 6 heteroatoms. The van der Waals surface area contributed by atoms with Gasteiger partial charge in [0.15, 0.2) is 0 Å². The number of carbonyl (C=O) groups excluding carboxylic acids is 1. The van der Waals surface area contributed by atoms with Gasteiger partial charge in [-0.05, 0) is 31.4 Å². The molecule has 110 valence electrons. The highest BCUT2D eigenvalue weighted by Crippen LogP contribution is 2.20. The average Bonchev–Trinajstić information content (AvgIpc) is 2.84. The van der Waals surface area contributed by atoms with Crippen molar-refractivity contribution in [3.63, 3.8) is 0 Å². The maximum Gasteiger partial charge on any atom is 0.251 e. The zero-order valence-corrected chi connectivity index (χ0v) is 12.2. The van der Waals surface area contributed by atoms with Crippen molar-refractivity contribution in [1.29, 1.82) is 0 Å². The molecule has 6 nitrogen and oxygen atoms in total. The smallest absolute Gasteiger partial charge is 0.251 e. The van der Waals surface area contributed by atoms with E-state index in [0.717, 1.165) is 12.1 Å². The number of nitrogens with two attached hydrogens (primary N) is 1. The van der Waals surface area contributed by atoms with Crippen molar-refractivity contribution in [2.45, 2.75) is 38.6 Å². The van der Waals surface area contributed by atoms with Crippen LogP contribution in [-0.4, -0.2) is 29.6 Å². The van der Waals surface area contributed by atoms with Crippen molar-refractivity contribution in [3.05, 3.63) is 23.4 Å². The van der Waals surface area contributed by atoms with Crippen molar-refractivity contribution >= 4 is 11.7 Å². The molecule has 20 heavy (non-hydrogen) atoms. The molecule has 0 saturated carbocycles. The van der Waals surface area contributed by atoms with E-state index >= 15 is 0 Å². The van der Waals surface area contributed by atoms with E-state index in [1.807, 2.05) is 20.8 Å². The van der Waals surface area contributed by atoms with Gasteiger partial charge >= 0.3 is 0 Å². The van der Waals surface area contributed by atoms with Crippen LogP contribution >= 0.6 is 0 Å². The standard InChI is InChI=1S/C14H22N4O2/c1-9(2)11-6-10(7-12(16-11)18-15)13(19)17-14(3)4-5-20-8-14/h6-7,9H,4-5,8,15H2,1-3H3,(H,16,18)(H,17,19). The number of hydrogen-bond donors (Lipinski definition) is 3. The molecular formula is C14H22N4O2. The fourth-order valence-corrected chi connectivity index (χ4v) is 2.16. The number of rotatable bonds is 4. The largest absolute Gasteiger partial charge is 0.379 e. The summed E-state index contributed by atoms with van der Waals surface area (Å²) in [4.78, 5) is 16.7.